The second-order valence-corrected chi connectivity index (χ2v) is 6.51. The maximum absolute atomic E-state index is 12.3. The normalized spacial score (nSPS) is 10.8. The Hall–Kier alpha value is -3.67. The smallest absolute Gasteiger partial charge is 0.251 e. The van der Waals surface area contributed by atoms with Crippen LogP contribution in [0.1, 0.15) is 27.2 Å². The van der Waals surface area contributed by atoms with E-state index >= 15 is 0 Å². The molecule has 1 N–H and O–H groups in total. The predicted molar refractivity (Wildman–Crippen MR) is 106 cm³/mol. The second kappa shape index (κ2) is 7.92. The molecule has 1 amide bonds. The second-order valence-electron chi connectivity index (χ2n) is 6.51. The lowest BCUT2D eigenvalue weighted by Crippen LogP contribution is -2.22. The van der Waals surface area contributed by atoms with E-state index in [0.717, 1.165) is 22.5 Å². The molecule has 0 spiro atoms. The average molecular weight is 372 g/mol. The van der Waals surface area contributed by atoms with Crippen LogP contribution < -0.4 is 10.1 Å². The molecule has 0 atom stereocenters. The largest absolute Gasteiger partial charge is 0.487 e. The Balaban J connectivity index is 1.34. The molecule has 4 rings (SSSR count). The van der Waals surface area contributed by atoms with Crippen molar-refractivity contribution in [3.05, 3.63) is 95.7 Å². The van der Waals surface area contributed by atoms with E-state index in [-0.39, 0.29) is 5.91 Å². The molecule has 0 unspecified atom stereocenters. The lowest BCUT2D eigenvalue weighted by molar-refractivity contribution is 0.0951. The van der Waals surface area contributed by atoms with E-state index < -0.39 is 0 Å². The molecule has 3 aromatic heterocycles. The first-order valence-electron chi connectivity index (χ1n) is 9.02. The standard InChI is InChI=1S/C22H20N4O2/c1-16-4-3-11-26-14-19(25-21(16)26)15-28-20-8-6-18(7-9-20)22(27)24-13-17-5-2-10-23-12-17/h2-12,14H,13,15H2,1H3,(H,24,27). The zero-order valence-electron chi connectivity index (χ0n) is 15.5. The first-order chi connectivity index (χ1) is 13.7. The van der Waals surface area contributed by atoms with Gasteiger partial charge in [0.25, 0.3) is 5.91 Å². The molecule has 0 fully saturated rings. The molecule has 0 aliphatic heterocycles. The summed E-state index contributed by atoms with van der Waals surface area (Å²) in [5, 5.41) is 2.88. The fourth-order valence-corrected chi connectivity index (χ4v) is 2.92. The summed E-state index contributed by atoms with van der Waals surface area (Å²) in [4.78, 5) is 20.9. The van der Waals surface area contributed by atoms with Crippen LogP contribution in [0.5, 0.6) is 5.75 Å². The van der Waals surface area contributed by atoms with Crippen molar-refractivity contribution in [3.8, 4) is 5.75 Å². The van der Waals surface area contributed by atoms with Crippen molar-refractivity contribution < 1.29 is 9.53 Å². The summed E-state index contributed by atoms with van der Waals surface area (Å²) in [7, 11) is 0. The van der Waals surface area contributed by atoms with Gasteiger partial charge in [-0.25, -0.2) is 4.98 Å². The molecule has 3 heterocycles. The van der Waals surface area contributed by atoms with Crippen LogP contribution in [0.3, 0.4) is 0 Å². The molecule has 0 bridgehead atoms. The lowest BCUT2D eigenvalue weighted by Gasteiger charge is -2.07. The molecule has 28 heavy (non-hydrogen) atoms. The molecule has 0 aliphatic carbocycles. The fraction of sp³-hybridized carbons (Fsp3) is 0.136. The summed E-state index contributed by atoms with van der Waals surface area (Å²) >= 11 is 0. The number of nitrogens with one attached hydrogen (secondary N) is 1. The van der Waals surface area contributed by atoms with Crippen molar-refractivity contribution in [2.24, 2.45) is 0 Å². The van der Waals surface area contributed by atoms with Gasteiger partial charge in [0.15, 0.2) is 0 Å². The van der Waals surface area contributed by atoms with Crippen molar-refractivity contribution >= 4 is 11.6 Å². The number of imidazole rings is 1. The molecule has 0 aliphatic rings. The number of carbonyl (C=O) groups excluding carboxylic acids is 1. The van der Waals surface area contributed by atoms with Crippen molar-refractivity contribution in [1.82, 2.24) is 19.7 Å². The van der Waals surface area contributed by atoms with Crippen LogP contribution in [0.15, 0.2) is 73.3 Å². The number of pyridine rings is 2. The molecule has 140 valence electrons. The highest BCUT2D eigenvalue weighted by atomic mass is 16.5. The fourth-order valence-electron chi connectivity index (χ4n) is 2.92. The third kappa shape index (κ3) is 4.01. The number of rotatable bonds is 6. The van der Waals surface area contributed by atoms with Gasteiger partial charge in [0.05, 0.1) is 5.69 Å². The zero-order valence-corrected chi connectivity index (χ0v) is 15.5. The van der Waals surface area contributed by atoms with Crippen molar-refractivity contribution in [2.45, 2.75) is 20.1 Å². The van der Waals surface area contributed by atoms with Crippen LogP contribution in [0.4, 0.5) is 0 Å². The minimum Gasteiger partial charge on any atom is -0.487 e. The maximum atomic E-state index is 12.3. The maximum Gasteiger partial charge on any atom is 0.251 e. The van der Waals surface area contributed by atoms with E-state index in [4.69, 9.17) is 4.74 Å². The number of hydrogen-bond donors (Lipinski definition) is 1. The van der Waals surface area contributed by atoms with Gasteiger partial charge in [-0.05, 0) is 54.4 Å². The summed E-state index contributed by atoms with van der Waals surface area (Å²) in [5.41, 5.74) is 4.45. The lowest BCUT2D eigenvalue weighted by atomic mass is 10.2. The summed E-state index contributed by atoms with van der Waals surface area (Å²) in [5.74, 6) is 0.559. The van der Waals surface area contributed by atoms with E-state index in [1.54, 1.807) is 36.7 Å². The van der Waals surface area contributed by atoms with Gasteiger partial charge in [0.1, 0.15) is 18.0 Å². The molecule has 0 saturated heterocycles. The number of nitrogens with zero attached hydrogens (tertiary/aromatic N) is 3. The number of aromatic nitrogens is 3. The third-order valence-corrected chi connectivity index (χ3v) is 4.41. The van der Waals surface area contributed by atoms with Gasteiger partial charge in [-0.3, -0.25) is 9.78 Å². The number of aryl methyl sites for hydroxylation is 1. The number of hydrogen-bond acceptors (Lipinski definition) is 4. The van der Waals surface area contributed by atoms with Gasteiger partial charge < -0.3 is 14.5 Å². The highest BCUT2D eigenvalue weighted by molar-refractivity contribution is 5.94. The van der Waals surface area contributed by atoms with Gasteiger partial charge >= 0.3 is 0 Å². The van der Waals surface area contributed by atoms with Crippen LogP contribution in [-0.2, 0) is 13.2 Å². The molecule has 1 aromatic carbocycles. The Morgan fingerprint density at radius 3 is 2.75 bits per heavy atom. The molecule has 6 heteroatoms. The van der Waals surface area contributed by atoms with Crippen LogP contribution in [0.25, 0.3) is 5.65 Å². The topological polar surface area (TPSA) is 68.5 Å². The highest BCUT2D eigenvalue weighted by Crippen LogP contribution is 2.16. The average Bonchev–Trinajstić information content (AvgIpc) is 3.16. The van der Waals surface area contributed by atoms with Gasteiger partial charge in [-0.1, -0.05) is 12.1 Å². The Morgan fingerprint density at radius 2 is 2.00 bits per heavy atom. The summed E-state index contributed by atoms with van der Waals surface area (Å²) in [6.45, 7) is 2.84. The van der Waals surface area contributed by atoms with Gasteiger partial charge in [-0.2, -0.15) is 0 Å². The monoisotopic (exact) mass is 372 g/mol. The van der Waals surface area contributed by atoms with Crippen LogP contribution in [0.2, 0.25) is 0 Å². The molecular weight excluding hydrogens is 352 g/mol. The number of fused-ring (bicyclic) bond motifs is 1. The quantitative estimate of drug-likeness (QED) is 0.562. The van der Waals surface area contributed by atoms with Crippen LogP contribution in [0, 0.1) is 6.92 Å². The number of benzene rings is 1. The number of ether oxygens (including phenoxy) is 1. The summed E-state index contributed by atoms with van der Waals surface area (Å²) < 4.78 is 7.80. The molecule has 4 aromatic rings. The van der Waals surface area contributed by atoms with Crippen LogP contribution >= 0.6 is 0 Å². The van der Waals surface area contributed by atoms with Gasteiger partial charge in [-0.15, -0.1) is 0 Å². The Morgan fingerprint density at radius 1 is 1.14 bits per heavy atom. The third-order valence-electron chi connectivity index (χ3n) is 4.41. The molecule has 6 nitrogen and oxygen atoms in total. The molecule has 0 radical (unpaired) electrons. The SMILES string of the molecule is Cc1cccn2cc(COc3ccc(C(=O)NCc4cccnc4)cc3)nc12. The van der Waals surface area contributed by atoms with E-state index in [2.05, 4.69) is 15.3 Å². The van der Waals surface area contributed by atoms with E-state index in [1.807, 2.05) is 48.0 Å². The van der Waals surface area contributed by atoms with Crippen molar-refractivity contribution in [3.63, 3.8) is 0 Å². The Labute approximate surface area is 162 Å². The minimum atomic E-state index is -0.133. The first kappa shape index (κ1) is 17.7. The summed E-state index contributed by atoms with van der Waals surface area (Å²) in [6, 6.07) is 14.9. The number of carbonyl (C=O) groups is 1. The van der Waals surface area contributed by atoms with Crippen molar-refractivity contribution in [1.29, 1.82) is 0 Å². The highest BCUT2D eigenvalue weighted by Gasteiger charge is 2.07. The van der Waals surface area contributed by atoms with Crippen LogP contribution in [-0.4, -0.2) is 20.3 Å². The molecule has 0 saturated carbocycles. The zero-order chi connectivity index (χ0) is 19.3. The van der Waals surface area contributed by atoms with Crippen molar-refractivity contribution in [2.75, 3.05) is 0 Å². The molecular formula is C22H20N4O2. The Bertz CT molecular complexity index is 1090. The van der Waals surface area contributed by atoms with E-state index in [0.29, 0.717) is 24.5 Å². The van der Waals surface area contributed by atoms with Gasteiger partial charge in [0.2, 0.25) is 0 Å². The van der Waals surface area contributed by atoms with Gasteiger partial charge in [0, 0.05) is 36.9 Å². The predicted octanol–water partition coefficient (Wildman–Crippen LogP) is 3.55. The minimum absolute atomic E-state index is 0.133. The van der Waals surface area contributed by atoms with E-state index in [1.165, 1.54) is 0 Å². The van der Waals surface area contributed by atoms with E-state index in [9.17, 15) is 4.79 Å². The first-order valence-corrected chi connectivity index (χ1v) is 9.02. The summed E-state index contributed by atoms with van der Waals surface area (Å²) in [6.07, 6.45) is 7.37. The Kier molecular flexibility index (Phi) is 5.01. The number of amides is 1.